The summed E-state index contributed by atoms with van der Waals surface area (Å²) in [5.41, 5.74) is 19.3. The Morgan fingerprint density at radius 1 is 0.524 bits per heavy atom. The molecule has 1 N–H and O–H groups in total. The molecule has 206 valence electrons. The Morgan fingerprint density at radius 2 is 1.10 bits per heavy atom. The highest BCUT2D eigenvalue weighted by molar-refractivity contribution is 7.24. The molecule has 2 nitrogen and oxygen atoms in total. The van der Waals surface area contributed by atoms with Crippen LogP contribution in [-0.2, 0) is 0 Å². The Bertz CT molecular complexity index is 2100. The predicted octanol–water partition coefficient (Wildman–Crippen LogP) is 11.2. The smallest absolute Gasteiger partial charge is 0.0730 e. The number of fused-ring (bicyclic) bond motifs is 8. The van der Waals surface area contributed by atoms with Gasteiger partial charge in [-0.15, -0.1) is 11.3 Å². The highest BCUT2D eigenvalue weighted by Gasteiger charge is 2.18. The average Bonchev–Trinajstić information content (AvgIpc) is 3.72. The molecular formula is C39H34N2S. The van der Waals surface area contributed by atoms with Gasteiger partial charge < -0.3 is 4.98 Å². The summed E-state index contributed by atoms with van der Waals surface area (Å²) in [5.74, 6) is 0. The number of aryl methyl sites for hydroxylation is 6. The molecule has 2 aliphatic rings. The van der Waals surface area contributed by atoms with Gasteiger partial charge in [0.1, 0.15) is 0 Å². The minimum absolute atomic E-state index is 0.978. The normalized spacial score (nSPS) is 12.3. The monoisotopic (exact) mass is 562 g/mol. The van der Waals surface area contributed by atoms with Crippen molar-refractivity contribution in [3.8, 4) is 22.3 Å². The molecule has 0 fully saturated rings. The molecule has 0 radical (unpaired) electrons. The van der Waals surface area contributed by atoms with Crippen LogP contribution in [0.5, 0.6) is 0 Å². The van der Waals surface area contributed by atoms with Crippen LogP contribution in [0.4, 0.5) is 0 Å². The van der Waals surface area contributed by atoms with Gasteiger partial charge >= 0.3 is 0 Å². The van der Waals surface area contributed by atoms with Crippen LogP contribution >= 0.6 is 11.3 Å². The number of rotatable bonds is 2. The maximum Gasteiger partial charge on any atom is 0.0730 e. The summed E-state index contributed by atoms with van der Waals surface area (Å²) < 4.78 is 2.47. The van der Waals surface area contributed by atoms with E-state index in [9.17, 15) is 0 Å². The molecule has 3 aromatic heterocycles. The fraction of sp³-hybridized carbons (Fsp3) is 0.154. The molecule has 1 aliphatic heterocycles. The van der Waals surface area contributed by atoms with E-state index in [2.05, 4.69) is 138 Å². The lowest BCUT2D eigenvalue weighted by molar-refractivity contribution is 1.29. The summed E-state index contributed by atoms with van der Waals surface area (Å²) >= 11 is 1.86. The van der Waals surface area contributed by atoms with Gasteiger partial charge in [0, 0.05) is 31.6 Å². The van der Waals surface area contributed by atoms with Crippen LogP contribution in [-0.4, -0.2) is 9.97 Å². The lowest BCUT2D eigenvalue weighted by atomic mass is 9.93. The maximum absolute atomic E-state index is 5.19. The van der Waals surface area contributed by atoms with Crippen LogP contribution in [0.2, 0.25) is 0 Å². The molecular weight excluding hydrogens is 529 g/mol. The number of nitrogens with one attached hydrogen (secondary N) is 1. The number of nitrogens with zero attached hydrogens (tertiary/aromatic N) is 1. The van der Waals surface area contributed by atoms with Gasteiger partial charge in [0.2, 0.25) is 0 Å². The summed E-state index contributed by atoms with van der Waals surface area (Å²) in [6, 6.07) is 24.8. The van der Waals surface area contributed by atoms with Gasteiger partial charge in [-0.05, 0) is 141 Å². The van der Waals surface area contributed by atoms with Gasteiger partial charge in [0.25, 0.3) is 0 Å². The van der Waals surface area contributed by atoms with Crippen molar-refractivity contribution in [2.45, 2.75) is 41.5 Å². The topological polar surface area (TPSA) is 28.7 Å². The molecule has 0 amide bonds. The molecule has 2 aromatic carbocycles. The van der Waals surface area contributed by atoms with Crippen molar-refractivity contribution in [1.29, 1.82) is 0 Å². The van der Waals surface area contributed by atoms with Crippen molar-refractivity contribution >= 4 is 56.1 Å². The first-order chi connectivity index (χ1) is 20.2. The molecule has 8 bridgehead atoms. The number of aromatic amines is 1. The molecule has 7 rings (SSSR count). The largest absolute Gasteiger partial charge is 0.355 e. The number of thiophene rings is 1. The molecule has 1 aliphatic carbocycles. The van der Waals surface area contributed by atoms with Crippen LogP contribution in [0.25, 0.3) is 67.0 Å². The van der Waals surface area contributed by atoms with E-state index in [1.807, 2.05) is 11.3 Å². The predicted molar refractivity (Wildman–Crippen MR) is 184 cm³/mol. The Kier molecular flexibility index (Phi) is 6.36. The first-order valence-electron chi connectivity index (χ1n) is 14.5. The number of aromatic nitrogens is 2. The van der Waals surface area contributed by atoms with Gasteiger partial charge in [-0.3, -0.25) is 0 Å². The summed E-state index contributed by atoms with van der Waals surface area (Å²) in [4.78, 5) is 8.95. The lowest BCUT2D eigenvalue weighted by Gasteiger charge is -2.13. The Balaban J connectivity index is 1.68. The maximum atomic E-state index is 5.19. The van der Waals surface area contributed by atoms with Gasteiger partial charge in [0.15, 0.2) is 0 Å². The van der Waals surface area contributed by atoms with E-state index >= 15 is 0 Å². The minimum atomic E-state index is 0.978. The lowest BCUT2D eigenvalue weighted by Crippen LogP contribution is -1.92. The number of H-pyrrole nitrogens is 1. The summed E-state index contributed by atoms with van der Waals surface area (Å²) in [6.45, 7) is 13.3. The number of benzene rings is 2. The second-order valence-corrected chi connectivity index (χ2v) is 12.9. The molecule has 0 unspecified atom stereocenters. The van der Waals surface area contributed by atoms with Crippen molar-refractivity contribution in [3.05, 3.63) is 123 Å². The van der Waals surface area contributed by atoms with Gasteiger partial charge in [-0.1, -0.05) is 47.5 Å². The third-order valence-corrected chi connectivity index (χ3v) is 9.41. The van der Waals surface area contributed by atoms with Crippen molar-refractivity contribution < 1.29 is 0 Å². The average molecular weight is 563 g/mol. The molecule has 0 atom stereocenters. The van der Waals surface area contributed by atoms with Gasteiger partial charge in [-0.2, -0.15) is 0 Å². The first kappa shape index (κ1) is 26.4. The molecule has 0 saturated heterocycles. The second-order valence-electron chi connectivity index (χ2n) is 11.8. The zero-order valence-corrected chi connectivity index (χ0v) is 25.8. The Labute approximate surface area is 251 Å². The third kappa shape index (κ3) is 4.64. The van der Waals surface area contributed by atoms with E-state index in [1.165, 1.54) is 70.6 Å². The summed E-state index contributed by atoms with van der Waals surface area (Å²) in [7, 11) is 0. The quantitative estimate of drug-likeness (QED) is 0.223. The van der Waals surface area contributed by atoms with Crippen molar-refractivity contribution in [3.63, 3.8) is 0 Å². The van der Waals surface area contributed by atoms with Gasteiger partial charge in [-0.25, -0.2) is 4.98 Å². The van der Waals surface area contributed by atoms with E-state index in [0.717, 1.165) is 28.0 Å². The molecule has 42 heavy (non-hydrogen) atoms. The van der Waals surface area contributed by atoms with Crippen LogP contribution in [0.15, 0.2) is 66.7 Å². The molecule has 4 heterocycles. The summed E-state index contributed by atoms with van der Waals surface area (Å²) in [5, 5.41) is 0. The molecule has 3 heteroatoms. The fourth-order valence-corrected chi connectivity index (χ4v) is 7.91. The van der Waals surface area contributed by atoms with E-state index in [1.54, 1.807) is 0 Å². The van der Waals surface area contributed by atoms with Crippen LogP contribution < -0.4 is 0 Å². The Hall–Kier alpha value is -4.47. The van der Waals surface area contributed by atoms with Crippen LogP contribution in [0, 0.1) is 41.5 Å². The van der Waals surface area contributed by atoms with E-state index in [-0.39, 0.29) is 0 Å². The molecule has 0 saturated carbocycles. The number of hydrogen-bond acceptors (Lipinski definition) is 2. The minimum Gasteiger partial charge on any atom is -0.355 e. The zero-order valence-electron chi connectivity index (χ0n) is 25.0. The Morgan fingerprint density at radius 3 is 1.74 bits per heavy atom. The van der Waals surface area contributed by atoms with Crippen LogP contribution in [0.3, 0.4) is 0 Å². The zero-order chi connectivity index (χ0) is 29.1. The molecule has 0 spiro atoms. The third-order valence-electron chi connectivity index (χ3n) is 8.29. The van der Waals surface area contributed by atoms with Crippen molar-refractivity contribution in [2.75, 3.05) is 0 Å². The van der Waals surface area contributed by atoms with Crippen LogP contribution in [0.1, 0.15) is 55.9 Å². The molecule has 5 aromatic rings. The highest BCUT2D eigenvalue weighted by atomic mass is 32.1. The van der Waals surface area contributed by atoms with E-state index in [4.69, 9.17) is 4.98 Å². The first-order valence-corrected chi connectivity index (χ1v) is 15.4. The SMILES string of the molecule is Cc1cc(C)c(-c2c3nc(cc4cc(cc5ccc([nH]5)c(-c5c(C)cc(C)cc5C)c5ccc2s5)C=C4)C=C3)c(C)c1. The standard InChI is InChI=1S/C39H34N2S/c1-22-15-24(3)36(25(4)16-22)38-32-11-9-30(40-32)20-28-7-8-29(19-28)21-31-10-12-33(41-31)39(35-14-13-34(38)42-35)37-26(5)17-23(2)18-27(37)6/h7-21,40H,1-6H3. The fourth-order valence-electron chi connectivity index (χ4n) is 6.77. The van der Waals surface area contributed by atoms with Gasteiger partial charge in [0.05, 0.1) is 11.4 Å². The summed E-state index contributed by atoms with van der Waals surface area (Å²) in [6.07, 6.45) is 8.67. The number of hydrogen-bond donors (Lipinski definition) is 1. The van der Waals surface area contributed by atoms with Crippen molar-refractivity contribution in [2.24, 2.45) is 0 Å². The van der Waals surface area contributed by atoms with E-state index in [0.29, 0.717) is 0 Å². The highest BCUT2D eigenvalue weighted by Crippen LogP contribution is 2.42. The van der Waals surface area contributed by atoms with E-state index < -0.39 is 0 Å². The van der Waals surface area contributed by atoms with Crippen molar-refractivity contribution in [1.82, 2.24) is 9.97 Å². The second kappa shape index (κ2) is 10.1.